The van der Waals surface area contributed by atoms with Gasteiger partial charge in [0.2, 0.25) is 0 Å². The molecule has 0 saturated heterocycles. The number of benzene rings is 1. The topological polar surface area (TPSA) is 34.4 Å². The Bertz CT molecular complexity index is 535. The number of hydrogen-bond donors (Lipinski definition) is 1. The summed E-state index contributed by atoms with van der Waals surface area (Å²) in [5.74, 6) is 1.23. The van der Waals surface area contributed by atoms with Gasteiger partial charge in [0, 0.05) is 6.54 Å². The lowest BCUT2D eigenvalue weighted by Crippen LogP contribution is -2.28. The van der Waals surface area contributed by atoms with E-state index in [4.69, 9.17) is 9.15 Å². The van der Waals surface area contributed by atoms with E-state index in [1.807, 2.05) is 13.0 Å². The summed E-state index contributed by atoms with van der Waals surface area (Å²) in [6.07, 6.45) is -2.90. The first-order chi connectivity index (χ1) is 9.95. The molecule has 0 amide bonds. The molecular formula is C15H16F3NO2. The van der Waals surface area contributed by atoms with Gasteiger partial charge in [0.15, 0.2) is 0 Å². The number of ether oxygens (including phenoxy) is 1. The van der Waals surface area contributed by atoms with E-state index in [9.17, 15) is 13.2 Å². The molecule has 0 aliphatic rings. The largest absolute Gasteiger partial charge is 0.489 e. The second-order valence-electron chi connectivity index (χ2n) is 4.66. The van der Waals surface area contributed by atoms with Crippen molar-refractivity contribution in [2.75, 3.05) is 6.54 Å². The Hall–Kier alpha value is -1.95. The first-order valence-electron chi connectivity index (χ1n) is 6.52. The van der Waals surface area contributed by atoms with Crippen LogP contribution in [0.5, 0.6) is 5.75 Å². The van der Waals surface area contributed by atoms with Crippen LogP contribution in [-0.4, -0.2) is 12.6 Å². The SMILES string of the molecule is CC(CNCc1ccco1)Oc1ccc(C(F)(F)F)cc1. The summed E-state index contributed by atoms with van der Waals surface area (Å²) >= 11 is 0. The molecule has 114 valence electrons. The summed E-state index contributed by atoms with van der Waals surface area (Å²) in [5.41, 5.74) is -0.682. The van der Waals surface area contributed by atoms with Crippen molar-refractivity contribution in [2.45, 2.75) is 25.7 Å². The van der Waals surface area contributed by atoms with Crippen molar-refractivity contribution in [3.8, 4) is 5.75 Å². The van der Waals surface area contributed by atoms with E-state index in [2.05, 4.69) is 5.32 Å². The van der Waals surface area contributed by atoms with Gasteiger partial charge in [0.25, 0.3) is 0 Å². The number of rotatable bonds is 6. The van der Waals surface area contributed by atoms with Crippen LogP contribution in [0.2, 0.25) is 0 Å². The normalized spacial score (nSPS) is 13.1. The van der Waals surface area contributed by atoms with Crippen molar-refractivity contribution in [2.24, 2.45) is 0 Å². The van der Waals surface area contributed by atoms with Crippen LogP contribution in [-0.2, 0) is 12.7 Å². The first-order valence-corrected chi connectivity index (χ1v) is 6.52. The molecule has 1 N–H and O–H groups in total. The zero-order valence-corrected chi connectivity index (χ0v) is 11.5. The highest BCUT2D eigenvalue weighted by Crippen LogP contribution is 2.30. The van der Waals surface area contributed by atoms with Gasteiger partial charge in [0.05, 0.1) is 18.4 Å². The summed E-state index contributed by atoms with van der Waals surface area (Å²) in [4.78, 5) is 0. The Kier molecular flexibility index (Phi) is 4.90. The van der Waals surface area contributed by atoms with Crippen LogP contribution in [0.1, 0.15) is 18.2 Å². The molecule has 21 heavy (non-hydrogen) atoms. The average molecular weight is 299 g/mol. The lowest BCUT2D eigenvalue weighted by atomic mass is 10.2. The van der Waals surface area contributed by atoms with E-state index < -0.39 is 11.7 Å². The summed E-state index contributed by atoms with van der Waals surface area (Å²) in [7, 11) is 0. The highest BCUT2D eigenvalue weighted by Gasteiger charge is 2.30. The van der Waals surface area contributed by atoms with E-state index in [1.165, 1.54) is 12.1 Å². The predicted molar refractivity (Wildman–Crippen MR) is 71.9 cm³/mol. The van der Waals surface area contributed by atoms with E-state index in [0.717, 1.165) is 17.9 Å². The number of furan rings is 1. The maximum absolute atomic E-state index is 12.4. The fourth-order valence-electron chi connectivity index (χ4n) is 1.81. The fraction of sp³-hybridized carbons (Fsp3) is 0.333. The van der Waals surface area contributed by atoms with Gasteiger partial charge in [-0.05, 0) is 43.3 Å². The van der Waals surface area contributed by atoms with E-state index in [0.29, 0.717) is 18.8 Å². The van der Waals surface area contributed by atoms with Gasteiger partial charge >= 0.3 is 6.18 Å². The van der Waals surface area contributed by atoms with Crippen LogP contribution in [0.15, 0.2) is 47.1 Å². The van der Waals surface area contributed by atoms with Crippen molar-refractivity contribution in [1.82, 2.24) is 5.32 Å². The monoisotopic (exact) mass is 299 g/mol. The van der Waals surface area contributed by atoms with E-state index in [-0.39, 0.29) is 6.10 Å². The molecule has 3 nitrogen and oxygen atoms in total. The van der Waals surface area contributed by atoms with Crippen molar-refractivity contribution >= 4 is 0 Å². The van der Waals surface area contributed by atoms with Crippen LogP contribution in [0, 0.1) is 0 Å². The third kappa shape index (κ3) is 4.82. The Labute approximate surface area is 120 Å². The Morgan fingerprint density at radius 1 is 1.19 bits per heavy atom. The first kappa shape index (κ1) is 15.4. The molecule has 1 aromatic carbocycles. The lowest BCUT2D eigenvalue weighted by molar-refractivity contribution is -0.137. The summed E-state index contributed by atoms with van der Waals surface area (Å²) in [6.45, 7) is 2.97. The predicted octanol–water partition coefficient (Wildman–Crippen LogP) is 3.86. The minimum absolute atomic E-state index is 0.170. The van der Waals surface area contributed by atoms with Gasteiger partial charge in [0.1, 0.15) is 17.6 Å². The second-order valence-corrected chi connectivity index (χ2v) is 4.66. The Balaban J connectivity index is 1.78. The molecule has 0 spiro atoms. The zero-order valence-electron chi connectivity index (χ0n) is 11.5. The number of alkyl halides is 3. The summed E-state index contributed by atoms with van der Waals surface area (Å²) < 4.78 is 48.0. The number of halogens is 3. The Morgan fingerprint density at radius 2 is 1.90 bits per heavy atom. The van der Waals surface area contributed by atoms with Crippen molar-refractivity contribution in [3.63, 3.8) is 0 Å². The highest BCUT2D eigenvalue weighted by molar-refractivity contribution is 5.29. The molecule has 2 aromatic rings. The molecule has 0 fully saturated rings. The van der Waals surface area contributed by atoms with E-state index in [1.54, 1.807) is 12.3 Å². The van der Waals surface area contributed by atoms with Gasteiger partial charge in [-0.2, -0.15) is 13.2 Å². The third-order valence-corrected chi connectivity index (χ3v) is 2.83. The van der Waals surface area contributed by atoms with Crippen molar-refractivity contribution in [1.29, 1.82) is 0 Å². The number of nitrogens with one attached hydrogen (secondary N) is 1. The molecular weight excluding hydrogens is 283 g/mol. The summed E-state index contributed by atoms with van der Waals surface area (Å²) in [5, 5.41) is 3.14. The smallest absolute Gasteiger partial charge is 0.416 e. The van der Waals surface area contributed by atoms with Crippen LogP contribution in [0.25, 0.3) is 0 Å². The molecule has 1 atom stereocenters. The quantitative estimate of drug-likeness (QED) is 0.879. The molecule has 1 heterocycles. The highest BCUT2D eigenvalue weighted by atomic mass is 19.4. The molecule has 6 heteroatoms. The van der Waals surface area contributed by atoms with Crippen LogP contribution in [0.4, 0.5) is 13.2 Å². The van der Waals surface area contributed by atoms with E-state index >= 15 is 0 Å². The van der Waals surface area contributed by atoms with Crippen LogP contribution < -0.4 is 10.1 Å². The van der Waals surface area contributed by atoms with Gasteiger partial charge in [-0.1, -0.05) is 0 Å². The second kappa shape index (κ2) is 6.67. The van der Waals surface area contributed by atoms with Crippen molar-refractivity contribution < 1.29 is 22.3 Å². The van der Waals surface area contributed by atoms with Crippen molar-refractivity contribution in [3.05, 3.63) is 54.0 Å². The van der Waals surface area contributed by atoms with Gasteiger partial charge < -0.3 is 14.5 Å². The molecule has 2 rings (SSSR count). The molecule has 0 saturated carbocycles. The fourth-order valence-corrected chi connectivity index (χ4v) is 1.81. The zero-order chi connectivity index (χ0) is 15.3. The molecule has 1 aromatic heterocycles. The minimum Gasteiger partial charge on any atom is -0.489 e. The molecule has 0 aliphatic carbocycles. The maximum atomic E-state index is 12.4. The molecule has 1 unspecified atom stereocenters. The van der Waals surface area contributed by atoms with Gasteiger partial charge in [-0.15, -0.1) is 0 Å². The number of hydrogen-bond acceptors (Lipinski definition) is 3. The van der Waals surface area contributed by atoms with Crippen LogP contribution in [0.3, 0.4) is 0 Å². The van der Waals surface area contributed by atoms with Gasteiger partial charge in [-0.3, -0.25) is 0 Å². The molecule has 0 aliphatic heterocycles. The Morgan fingerprint density at radius 3 is 2.48 bits per heavy atom. The van der Waals surface area contributed by atoms with Crippen LogP contribution >= 0.6 is 0 Å². The summed E-state index contributed by atoms with van der Waals surface area (Å²) in [6, 6.07) is 8.34. The maximum Gasteiger partial charge on any atom is 0.416 e. The molecule has 0 radical (unpaired) electrons. The standard InChI is InChI=1S/C15H16F3NO2/c1-11(9-19-10-14-3-2-8-20-14)21-13-6-4-12(5-7-13)15(16,17)18/h2-8,11,19H,9-10H2,1H3. The lowest BCUT2D eigenvalue weighted by Gasteiger charge is -2.15. The average Bonchev–Trinajstić information content (AvgIpc) is 2.91. The molecule has 0 bridgehead atoms. The minimum atomic E-state index is -4.32. The third-order valence-electron chi connectivity index (χ3n) is 2.83. The van der Waals surface area contributed by atoms with Gasteiger partial charge in [-0.25, -0.2) is 0 Å².